The topological polar surface area (TPSA) is 117 Å². The fraction of sp³-hybridized carbons (Fsp3) is 0.360. The van der Waals surface area contributed by atoms with Gasteiger partial charge in [-0.05, 0) is 46.5 Å². The number of hydrogen-bond acceptors (Lipinski definition) is 7. The number of sulfonamides is 2. The van der Waals surface area contributed by atoms with Gasteiger partial charge in [-0.15, -0.1) is 0 Å². The highest BCUT2D eigenvalue weighted by Gasteiger charge is 2.36. The van der Waals surface area contributed by atoms with Crippen LogP contribution in [0.4, 0.5) is 0 Å². The highest BCUT2D eigenvalue weighted by molar-refractivity contribution is 7.88. The summed E-state index contributed by atoms with van der Waals surface area (Å²) >= 11 is 6.52. The number of piperazine rings is 1. The number of aromatic nitrogens is 3. The molecule has 2 aliphatic rings. The maximum absolute atomic E-state index is 12.6. The van der Waals surface area contributed by atoms with Crippen LogP contribution in [0.3, 0.4) is 0 Å². The van der Waals surface area contributed by atoms with Gasteiger partial charge in [0.15, 0.2) is 0 Å². The van der Waals surface area contributed by atoms with Crippen LogP contribution in [0.15, 0.2) is 49.1 Å². The molecule has 0 saturated carbocycles. The number of fused-ring (bicyclic) bond motifs is 2. The van der Waals surface area contributed by atoms with E-state index in [1.807, 2.05) is 43.5 Å². The summed E-state index contributed by atoms with van der Waals surface area (Å²) in [7, 11) is -5.10. The van der Waals surface area contributed by atoms with Crippen molar-refractivity contribution in [2.24, 2.45) is 7.05 Å². The normalized spacial score (nSPS) is 19.8. The average Bonchev–Trinajstić information content (AvgIpc) is 3.21. The van der Waals surface area contributed by atoms with Gasteiger partial charge < -0.3 is 4.57 Å². The molecule has 0 bridgehead atoms. The third kappa shape index (κ3) is 5.42. The van der Waals surface area contributed by atoms with Crippen molar-refractivity contribution in [2.75, 3.05) is 38.7 Å². The zero-order valence-corrected chi connectivity index (χ0v) is 23.6. The molecule has 0 spiro atoms. The summed E-state index contributed by atoms with van der Waals surface area (Å²) in [5.74, 6) is 0. The molecule has 2 aromatic heterocycles. The van der Waals surface area contributed by atoms with Crippen molar-refractivity contribution in [3.63, 3.8) is 0 Å². The number of halogens is 1. The van der Waals surface area contributed by atoms with Gasteiger partial charge in [0.1, 0.15) is 0 Å². The van der Waals surface area contributed by atoms with E-state index in [1.165, 1.54) is 10.6 Å². The Labute approximate surface area is 228 Å². The summed E-state index contributed by atoms with van der Waals surface area (Å²) in [6.45, 7) is 1.76. The standard InChI is InChI=1S/C25H29ClN6O4S2/c1-30-16-27-15-22(30)24(29-37(2,33)34)21-13-17-5-4-8-28-23(17)25(19-7-6-18(26)14-20(19)21)31-9-11-32(12-10-31)38(3,35)36/h4-8,13-16,24-25,29H,9-12H2,1-3H3/t24?,25-/m0/s1. The Bertz CT molecular complexity index is 1610. The Morgan fingerprint density at radius 1 is 1.08 bits per heavy atom. The molecule has 2 atom stereocenters. The lowest BCUT2D eigenvalue weighted by molar-refractivity contribution is 0.154. The first-order chi connectivity index (χ1) is 17.9. The molecule has 1 aliphatic carbocycles. The van der Waals surface area contributed by atoms with Crippen LogP contribution >= 0.6 is 11.6 Å². The zero-order chi connectivity index (χ0) is 27.2. The summed E-state index contributed by atoms with van der Waals surface area (Å²) in [4.78, 5) is 11.2. The molecule has 0 amide bonds. The largest absolute Gasteiger partial charge is 0.336 e. The minimum atomic E-state index is -3.62. The first kappa shape index (κ1) is 27.0. The fourth-order valence-electron chi connectivity index (χ4n) is 5.23. The molecule has 10 nitrogen and oxygen atoms in total. The van der Waals surface area contributed by atoms with Gasteiger partial charge in [0.05, 0.1) is 48.5 Å². The van der Waals surface area contributed by atoms with Crippen molar-refractivity contribution >= 4 is 43.3 Å². The molecule has 3 aromatic rings. The van der Waals surface area contributed by atoms with Gasteiger partial charge in [-0.25, -0.2) is 26.5 Å². The van der Waals surface area contributed by atoms with Crippen LogP contribution in [-0.2, 0) is 27.1 Å². The van der Waals surface area contributed by atoms with E-state index in [-0.39, 0.29) is 6.04 Å². The zero-order valence-electron chi connectivity index (χ0n) is 21.2. The molecule has 1 fully saturated rings. The van der Waals surface area contributed by atoms with E-state index in [4.69, 9.17) is 16.6 Å². The Kier molecular flexibility index (Phi) is 7.22. The highest BCUT2D eigenvalue weighted by Crippen LogP contribution is 2.44. The van der Waals surface area contributed by atoms with E-state index in [0.717, 1.165) is 28.6 Å². The molecular weight excluding hydrogens is 548 g/mol. The van der Waals surface area contributed by atoms with E-state index >= 15 is 0 Å². The smallest absolute Gasteiger partial charge is 0.211 e. The van der Waals surface area contributed by atoms with E-state index in [9.17, 15) is 16.8 Å². The van der Waals surface area contributed by atoms with Gasteiger partial charge >= 0.3 is 0 Å². The maximum atomic E-state index is 12.6. The van der Waals surface area contributed by atoms with Gasteiger partial charge in [0.25, 0.3) is 0 Å². The highest BCUT2D eigenvalue weighted by atomic mass is 35.5. The number of hydrogen-bond donors (Lipinski definition) is 1. The third-order valence-corrected chi connectivity index (χ3v) is 9.16. The van der Waals surface area contributed by atoms with Gasteiger partial charge in [-0.3, -0.25) is 9.88 Å². The molecule has 38 heavy (non-hydrogen) atoms. The molecule has 3 heterocycles. The van der Waals surface area contributed by atoms with Gasteiger partial charge in [-0.2, -0.15) is 4.31 Å². The van der Waals surface area contributed by atoms with Crippen LogP contribution in [0.5, 0.6) is 0 Å². The first-order valence-corrected chi connectivity index (χ1v) is 16.1. The minimum absolute atomic E-state index is 0.292. The fourth-order valence-corrected chi connectivity index (χ4v) is 6.91. The van der Waals surface area contributed by atoms with Crippen LogP contribution in [0, 0.1) is 0 Å². The maximum Gasteiger partial charge on any atom is 0.211 e. The molecule has 5 rings (SSSR count). The first-order valence-electron chi connectivity index (χ1n) is 12.0. The second-order valence-electron chi connectivity index (χ2n) is 9.66. The lowest BCUT2D eigenvalue weighted by Gasteiger charge is -2.39. The van der Waals surface area contributed by atoms with Crippen molar-refractivity contribution in [1.82, 2.24) is 28.5 Å². The van der Waals surface area contributed by atoms with Crippen molar-refractivity contribution in [3.05, 3.63) is 82.2 Å². The summed E-state index contributed by atoms with van der Waals surface area (Å²) in [5, 5.41) is 0.511. The molecule has 202 valence electrons. The van der Waals surface area contributed by atoms with E-state index in [1.54, 1.807) is 23.3 Å². The summed E-state index contributed by atoms with van der Waals surface area (Å²) < 4.78 is 55.5. The van der Waals surface area contributed by atoms with Crippen LogP contribution in [0.2, 0.25) is 5.02 Å². The van der Waals surface area contributed by atoms with Gasteiger partial charge in [-0.1, -0.05) is 23.7 Å². The van der Waals surface area contributed by atoms with Crippen LogP contribution < -0.4 is 4.72 Å². The van der Waals surface area contributed by atoms with E-state index in [2.05, 4.69) is 14.6 Å². The minimum Gasteiger partial charge on any atom is -0.336 e. The summed E-state index contributed by atoms with van der Waals surface area (Å²) in [6.07, 6.45) is 9.32. The monoisotopic (exact) mass is 576 g/mol. The second kappa shape index (κ2) is 10.2. The Balaban J connectivity index is 1.70. The SMILES string of the molecule is Cn1cncc1C(NS(C)(=O)=O)C1=Cc2cccnc2[C@@H](N2CCN(S(C)(=O)=O)CC2)c2ccc(Cl)cc21. The predicted molar refractivity (Wildman–Crippen MR) is 147 cm³/mol. The predicted octanol–water partition coefficient (Wildman–Crippen LogP) is 2.28. The number of imidazole rings is 1. The third-order valence-electron chi connectivity index (χ3n) is 6.96. The molecule has 1 aromatic carbocycles. The van der Waals surface area contributed by atoms with Crippen molar-refractivity contribution < 1.29 is 16.8 Å². The van der Waals surface area contributed by atoms with E-state index < -0.39 is 26.1 Å². The Morgan fingerprint density at radius 2 is 1.82 bits per heavy atom. The number of benzene rings is 1. The molecule has 13 heteroatoms. The molecule has 1 unspecified atom stereocenters. The number of pyridine rings is 1. The number of rotatable bonds is 6. The molecular formula is C25H29ClN6O4S2. The van der Waals surface area contributed by atoms with Crippen molar-refractivity contribution in [2.45, 2.75) is 12.1 Å². The lowest BCUT2D eigenvalue weighted by Crippen LogP contribution is -2.49. The Morgan fingerprint density at radius 3 is 2.45 bits per heavy atom. The van der Waals surface area contributed by atoms with Crippen LogP contribution in [0.25, 0.3) is 11.6 Å². The van der Waals surface area contributed by atoms with Crippen molar-refractivity contribution in [3.8, 4) is 0 Å². The quantitative estimate of drug-likeness (QED) is 0.478. The second-order valence-corrected chi connectivity index (χ2v) is 13.9. The molecule has 1 N–H and O–H groups in total. The van der Waals surface area contributed by atoms with Crippen LogP contribution in [-0.4, -0.2) is 79.3 Å². The van der Waals surface area contributed by atoms with Crippen molar-refractivity contribution in [1.29, 1.82) is 0 Å². The summed E-state index contributed by atoms with van der Waals surface area (Å²) in [6, 6.07) is 8.37. The number of nitrogens with zero attached hydrogens (tertiary/aromatic N) is 5. The summed E-state index contributed by atoms with van der Waals surface area (Å²) in [5.41, 5.74) is 4.72. The molecule has 1 saturated heterocycles. The molecule has 1 aliphatic heterocycles. The van der Waals surface area contributed by atoms with Crippen LogP contribution in [0.1, 0.15) is 40.2 Å². The number of nitrogens with one attached hydrogen (secondary N) is 1. The Hall–Kier alpha value is -2.61. The number of aryl methyl sites for hydroxylation is 1. The lowest BCUT2D eigenvalue weighted by atomic mass is 9.90. The van der Waals surface area contributed by atoms with E-state index in [0.29, 0.717) is 42.5 Å². The molecule has 0 radical (unpaired) electrons. The average molecular weight is 577 g/mol. The van der Waals surface area contributed by atoms with Gasteiger partial charge in [0, 0.05) is 44.4 Å². The van der Waals surface area contributed by atoms with Gasteiger partial charge in [0.2, 0.25) is 20.0 Å².